The van der Waals surface area contributed by atoms with Crippen molar-refractivity contribution in [3.63, 3.8) is 0 Å². The third-order valence-corrected chi connectivity index (χ3v) is 4.75. The maximum Gasteiger partial charge on any atom is 0.152 e. The minimum absolute atomic E-state index is 0.0153. The van der Waals surface area contributed by atoms with Crippen molar-refractivity contribution in [1.82, 2.24) is 15.2 Å². The number of halogens is 2. The highest BCUT2D eigenvalue weighted by Crippen LogP contribution is 2.41. The number of rotatable bonds is 3. The summed E-state index contributed by atoms with van der Waals surface area (Å²) >= 11 is 0. The number of amidine groups is 1. The number of hydroxylamine groups is 1. The van der Waals surface area contributed by atoms with Crippen molar-refractivity contribution in [2.24, 2.45) is 0 Å². The summed E-state index contributed by atoms with van der Waals surface area (Å²) in [4.78, 5) is 0. The largest absolute Gasteiger partial charge is 0.508 e. The maximum absolute atomic E-state index is 14.9. The fraction of sp³-hybridized carbons (Fsp3) is 0.100. The maximum atomic E-state index is 14.9. The molecule has 0 amide bonds. The fourth-order valence-corrected chi connectivity index (χ4v) is 3.58. The van der Waals surface area contributed by atoms with Gasteiger partial charge in [-0.15, -0.1) is 0 Å². The highest BCUT2D eigenvalue weighted by molar-refractivity contribution is 6.14. The molecule has 148 valence electrons. The second kappa shape index (κ2) is 6.71. The zero-order valence-electron chi connectivity index (χ0n) is 15.4. The van der Waals surface area contributed by atoms with Crippen molar-refractivity contribution < 1.29 is 23.6 Å². The number of nitrogens with one attached hydrogen (secondary N) is 2. The van der Waals surface area contributed by atoms with Crippen LogP contribution in [-0.4, -0.2) is 25.9 Å². The average molecular weight is 398 g/mol. The smallest absolute Gasteiger partial charge is 0.152 e. The quantitative estimate of drug-likeness (QED) is 0.235. The van der Waals surface area contributed by atoms with Crippen molar-refractivity contribution >= 4 is 16.7 Å². The number of nitrogens with zero attached hydrogens (tertiary/aromatic N) is 2. The molecule has 0 saturated carbocycles. The first kappa shape index (κ1) is 18.6. The molecular formula is C20H16F2N4O3. The van der Waals surface area contributed by atoms with E-state index in [1.54, 1.807) is 25.4 Å². The number of phenolic OH excluding ortho intramolecular Hbond substituents is 1. The highest BCUT2D eigenvalue weighted by atomic mass is 19.1. The van der Waals surface area contributed by atoms with E-state index in [0.29, 0.717) is 17.0 Å². The summed E-state index contributed by atoms with van der Waals surface area (Å²) in [5.74, 6) is -1.78. The Morgan fingerprint density at radius 1 is 1.17 bits per heavy atom. The first-order valence-corrected chi connectivity index (χ1v) is 8.59. The first-order valence-electron chi connectivity index (χ1n) is 8.59. The van der Waals surface area contributed by atoms with E-state index in [2.05, 4.69) is 5.16 Å². The first-order chi connectivity index (χ1) is 13.8. The number of hydrogen-bond donors (Lipinski definition) is 4. The van der Waals surface area contributed by atoms with Gasteiger partial charge < -0.3 is 14.2 Å². The van der Waals surface area contributed by atoms with E-state index in [9.17, 15) is 19.1 Å². The lowest BCUT2D eigenvalue weighted by molar-refractivity contribution is 0.234. The van der Waals surface area contributed by atoms with Gasteiger partial charge in [0.2, 0.25) is 0 Å². The van der Waals surface area contributed by atoms with Gasteiger partial charge in [0.1, 0.15) is 17.3 Å². The van der Waals surface area contributed by atoms with Crippen molar-refractivity contribution in [1.29, 1.82) is 5.41 Å². The Labute approximate surface area is 163 Å². The Kier molecular flexibility index (Phi) is 4.31. The van der Waals surface area contributed by atoms with Crippen LogP contribution in [0, 0.1) is 30.9 Å². The van der Waals surface area contributed by atoms with Crippen LogP contribution < -0.4 is 5.48 Å². The molecule has 0 radical (unpaired) electrons. The Hall–Kier alpha value is -3.72. The molecule has 2 aromatic carbocycles. The van der Waals surface area contributed by atoms with Crippen LogP contribution in [0.5, 0.6) is 5.75 Å². The average Bonchev–Trinajstić information content (AvgIpc) is 3.19. The third-order valence-electron chi connectivity index (χ3n) is 4.75. The van der Waals surface area contributed by atoms with Gasteiger partial charge in [-0.3, -0.25) is 16.1 Å². The molecule has 4 N–H and O–H groups in total. The summed E-state index contributed by atoms with van der Waals surface area (Å²) in [7, 11) is 0. The SMILES string of the molecule is Cc1noc(C)c1-c1c(C(=N)NO)c2c(F)cccc2n1-c1ccc(O)cc1F. The molecule has 0 atom stereocenters. The number of hydrogen-bond acceptors (Lipinski definition) is 5. The molecule has 0 bridgehead atoms. The second-order valence-corrected chi connectivity index (χ2v) is 6.51. The summed E-state index contributed by atoms with van der Waals surface area (Å²) < 4.78 is 36.4. The van der Waals surface area contributed by atoms with E-state index in [4.69, 9.17) is 9.93 Å². The van der Waals surface area contributed by atoms with Gasteiger partial charge in [0.15, 0.2) is 11.7 Å². The lowest BCUT2D eigenvalue weighted by Gasteiger charge is -2.13. The van der Waals surface area contributed by atoms with Crippen LogP contribution in [-0.2, 0) is 0 Å². The Balaban J connectivity index is 2.27. The molecule has 4 aromatic rings. The molecule has 0 aliphatic heterocycles. The van der Waals surface area contributed by atoms with Gasteiger partial charge >= 0.3 is 0 Å². The molecule has 9 heteroatoms. The van der Waals surface area contributed by atoms with Gasteiger partial charge in [-0.1, -0.05) is 11.2 Å². The van der Waals surface area contributed by atoms with Crippen LogP contribution in [0.25, 0.3) is 27.8 Å². The van der Waals surface area contributed by atoms with E-state index in [0.717, 1.165) is 6.07 Å². The fourth-order valence-electron chi connectivity index (χ4n) is 3.58. The van der Waals surface area contributed by atoms with Crippen LogP contribution in [0.1, 0.15) is 17.0 Å². The van der Waals surface area contributed by atoms with E-state index >= 15 is 0 Å². The molecule has 0 aliphatic carbocycles. The van der Waals surface area contributed by atoms with Gasteiger partial charge in [-0.25, -0.2) is 8.78 Å². The Bertz CT molecular complexity index is 1260. The van der Waals surface area contributed by atoms with E-state index in [1.807, 2.05) is 0 Å². The summed E-state index contributed by atoms with van der Waals surface area (Å²) in [5.41, 5.74) is 3.14. The molecule has 2 heterocycles. The number of phenols is 1. The third kappa shape index (κ3) is 2.74. The van der Waals surface area contributed by atoms with E-state index in [-0.39, 0.29) is 33.6 Å². The predicted octanol–water partition coefficient (Wildman–Crippen LogP) is 4.19. The van der Waals surface area contributed by atoms with Gasteiger partial charge in [0.05, 0.1) is 33.7 Å². The minimum Gasteiger partial charge on any atom is -0.508 e. The molecule has 29 heavy (non-hydrogen) atoms. The van der Waals surface area contributed by atoms with Crippen molar-refractivity contribution in [2.45, 2.75) is 13.8 Å². The summed E-state index contributed by atoms with van der Waals surface area (Å²) in [6.45, 7) is 3.30. The lowest BCUT2D eigenvalue weighted by atomic mass is 10.0. The second-order valence-electron chi connectivity index (χ2n) is 6.51. The topological polar surface area (TPSA) is 107 Å². The molecule has 0 spiro atoms. The van der Waals surface area contributed by atoms with Crippen molar-refractivity contribution in [3.05, 3.63) is 65.1 Å². The summed E-state index contributed by atoms with van der Waals surface area (Å²) in [5, 5.41) is 31.1. The number of aromatic hydroxyl groups is 1. The van der Waals surface area contributed by atoms with Gasteiger partial charge in [0, 0.05) is 11.5 Å². The van der Waals surface area contributed by atoms with E-state index in [1.165, 1.54) is 28.8 Å². The van der Waals surface area contributed by atoms with Crippen LogP contribution in [0.3, 0.4) is 0 Å². The molecule has 0 aliphatic rings. The molecule has 0 saturated heterocycles. The van der Waals surface area contributed by atoms with Crippen LogP contribution in [0.4, 0.5) is 8.78 Å². The van der Waals surface area contributed by atoms with Crippen LogP contribution in [0.2, 0.25) is 0 Å². The number of aryl methyl sites for hydroxylation is 2. The van der Waals surface area contributed by atoms with Gasteiger partial charge in [-0.05, 0) is 38.1 Å². The molecule has 7 nitrogen and oxygen atoms in total. The standard InChI is InChI=1S/C20H16F2N4O3/c1-9-16(10(2)29-25-9)19-18(20(23)24-28)17-12(21)4-3-5-15(17)26(19)14-7-6-11(27)8-13(14)22/h3-8,27-28H,1-2H3,(H2,23,24). The molecule has 0 fully saturated rings. The van der Waals surface area contributed by atoms with Crippen molar-refractivity contribution in [3.8, 4) is 22.7 Å². The minimum atomic E-state index is -0.755. The van der Waals surface area contributed by atoms with Crippen LogP contribution >= 0.6 is 0 Å². The molecule has 2 aromatic heterocycles. The van der Waals surface area contributed by atoms with E-state index < -0.39 is 17.5 Å². The van der Waals surface area contributed by atoms with Gasteiger partial charge in [0.25, 0.3) is 0 Å². The number of benzene rings is 2. The normalized spacial score (nSPS) is 11.2. The molecule has 4 rings (SSSR count). The molecular weight excluding hydrogens is 382 g/mol. The summed E-state index contributed by atoms with van der Waals surface area (Å²) in [6.07, 6.45) is 0. The monoisotopic (exact) mass is 398 g/mol. The Morgan fingerprint density at radius 3 is 2.55 bits per heavy atom. The van der Waals surface area contributed by atoms with Gasteiger partial charge in [-0.2, -0.15) is 0 Å². The highest BCUT2D eigenvalue weighted by Gasteiger charge is 2.29. The number of aromatic nitrogens is 2. The van der Waals surface area contributed by atoms with Crippen LogP contribution in [0.15, 0.2) is 40.9 Å². The predicted molar refractivity (Wildman–Crippen MR) is 102 cm³/mol. The zero-order chi connectivity index (χ0) is 20.9. The summed E-state index contributed by atoms with van der Waals surface area (Å²) in [6, 6.07) is 7.83. The van der Waals surface area contributed by atoms with Crippen molar-refractivity contribution in [2.75, 3.05) is 0 Å². The molecule has 0 unspecified atom stereocenters. The number of fused-ring (bicyclic) bond motifs is 1. The Morgan fingerprint density at radius 2 is 1.93 bits per heavy atom. The zero-order valence-corrected chi connectivity index (χ0v) is 15.4. The lowest BCUT2D eigenvalue weighted by Crippen LogP contribution is -2.20.